The van der Waals surface area contributed by atoms with Crippen LogP contribution in [0.2, 0.25) is 0 Å². The van der Waals surface area contributed by atoms with Gasteiger partial charge >= 0.3 is 0 Å². The van der Waals surface area contributed by atoms with Gasteiger partial charge in [-0.25, -0.2) is 19.9 Å². The SMILES string of the molecule is CC.CC.CC.CC.CC.CC.CC.CC.CC.CC.CC.CC.Cc1ccccn1.Cc1cccnc1.Cc1cccnn1.Cc1ccncc1.Cc1ccncn1.Cc1ccnnc1.Cc1cn[nH]n1.Cc1cn[nH]n1.Cc1cn[nH]n1.Cc1ncccn1.Cn1ccnn1.Cn1nccn1. The lowest BCUT2D eigenvalue weighted by molar-refractivity contribution is 0.654. The molecule has 0 bridgehead atoms. The van der Waals surface area contributed by atoms with E-state index in [0.717, 1.165) is 45.6 Å². The van der Waals surface area contributed by atoms with E-state index < -0.39 is 0 Å². The Kier molecular flexibility index (Phi) is 134. The number of aryl methyl sites for hydroxylation is 12. The maximum atomic E-state index is 3.98. The maximum Gasteiger partial charge on any atom is 0.125 e. The van der Waals surface area contributed by atoms with Gasteiger partial charge in [-0.05, 0) is 147 Å². The van der Waals surface area contributed by atoms with Crippen molar-refractivity contribution in [3.05, 3.63) is 247 Å². The lowest BCUT2D eigenvalue weighted by atomic mass is 10.3. The summed E-state index contributed by atoms with van der Waals surface area (Å²) in [4.78, 5) is 28.5. The zero-order valence-electron chi connectivity index (χ0n) is 70.7. The Bertz CT molecular complexity index is 2470. The average Bonchev–Trinajstić information content (AvgIpc) is 3.30. The van der Waals surface area contributed by atoms with Gasteiger partial charge in [0.25, 0.3) is 0 Å². The van der Waals surface area contributed by atoms with Crippen molar-refractivity contribution in [2.75, 3.05) is 0 Å². The van der Waals surface area contributed by atoms with Gasteiger partial charge in [0.2, 0.25) is 0 Å². The smallest absolute Gasteiger partial charge is 0.125 e. The van der Waals surface area contributed by atoms with E-state index in [2.05, 4.69) is 122 Å². The van der Waals surface area contributed by atoms with E-state index in [4.69, 9.17) is 0 Å². The first-order valence-corrected chi connectivity index (χ1v) is 35.9. The van der Waals surface area contributed by atoms with Crippen molar-refractivity contribution in [2.24, 2.45) is 14.1 Å². The van der Waals surface area contributed by atoms with Gasteiger partial charge in [0, 0.05) is 93.6 Å². The summed E-state index contributed by atoms with van der Waals surface area (Å²) in [6.45, 7) is 67.4. The summed E-state index contributed by atoms with van der Waals surface area (Å²) in [6.07, 6.45) is 32.4. The zero-order valence-corrected chi connectivity index (χ0v) is 70.7. The molecule has 0 atom stereocenters. The van der Waals surface area contributed by atoms with E-state index in [-0.39, 0.29) is 0 Å². The second-order valence-corrected chi connectivity index (χ2v) is 15.4. The summed E-state index contributed by atoms with van der Waals surface area (Å²) in [5.74, 6) is 0.822. The third-order valence-corrected chi connectivity index (χ3v) is 8.01. The van der Waals surface area contributed by atoms with Crippen LogP contribution in [0.25, 0.3) is 0 Å². The summed E-state index contributed by atoms with van der Waals surface area (Å²) in [5.41, 5.74) is 9.44. The number of hydrogen-bond donors (Lipinski definition) is 3. The van der Waals surface area contributed by atoms with E-state index in [1.165, 1.54) is 22.3 Å². The quantitative estimate of drug-likeness (QED) is 0.127. The van der Waals surface area contributed by atoms with E-state index in [1.54, 1.807) is 123 Å². The number of aromatic nitrogens is 26. The van der Waals surface area contributed by atoms with Crippen LogP contribution in [0.4, 0.5) is 0 Å². The second kappa shape index (κ2) is 116. The average molecular weight is 1430 g/mol. The molecule has 12 rings (SSSR count). The number of H-pyrrole nitrogens is 3. The molecule has 0 aliphatic carbocycles. The van der Waals surface area contributed by atoms with Gasteiger partial charge in [-0.15, -0.1) is 5.10 Å². The highest BCUT2D eigenvalue weighted by Crippen LogP contribution is 1.91. The highest BCUT2D eigenvalue weighted by Gasteiger charge is 1.81. The van der Waals surface area contributed by atoms with Crippen LogP contribution in [0.15, 0.2) is 191 Å². The molecule has 26 nitrogen and oxygen atoms in total. The molecule has 0 saturated heterocycles. The van der Waals surface area contributed by atoms with Crippen molar-refractivity contribution in [3.8, 4) is 0 Å². The van der Waals surface area contributed by atoms with Crippen LogP contribution in [0, 0.1) is 69.2 Å². The molecule has 0 aliphatic rings. The molecule has 12 aromatic heterocycles. The highest BCUT2D eigenvalue weighted by molar-refractivity contribution is 5.06. The Labute approximate surface area is 625 Å². The molecule has 12 aromatic rings. The fourth-order valence-electron chi connectivity index (χ4n) is 4.11. The van der Waals surface area contributed by atoms with Crippen molar-refractivity contribution in [1.29, 1.82) is 0 Å². The number of nitrogens with zero attached hydrogens (tertiary/aromatic N) is 23. The molecular weight excluding hydrogens is 1290 g/mol. The van der Waals surface area contributed by atoms with Crippen LogP contribution in [-0.2, 0) is 14.1 Å². The largest absolute Gasteiger partial charge is 0.265 e. The minimum Gasteiger partial charge on any atom is -0.265 e. The molecule has 26 heteroatoms. The van der Waals surface area contributed by atoms with E-state index in [9.17, 15) is 0 Å². The molecule has 0 saturated carbocycles. The third kappa shape index (κ3) is 113. The lowest BCUT2D eigenvalue weighted by Crippen LogP contribution is -1.89. The predicted octanol–water partition coefficient (Wildman–Crippen LogP) is 19.6. The normalized spacial score (nSPS) is 7.42. The molecule has 0 amide bonds. The Balaban J connectivity index is -0.0000000854. The van der Waals surface area contributed by atoms with E-state index in [0.29, 0.717) is 0 Å². The van der Waals surface area contributed by atoms with Gasteiger partial charge < -0.3 is 0 Å². The fourth-order valence-corrected chi connectivity index (χ4v) is 4.11. The standard InChI is InChI=1S/3C6H7N.4C5H6N2.5C3H5N3.12C2H6/c1-6-2-4-7-5-3-6;1-6-3-2-4-7-5-6;1-6-4-2-3-5-7-6;1-5-2-3-6-4-7-5;1-5-2-3-6-7-4-5;1-5-6-3-2-4-7-5;1-5-3-2-4-6-7-5;1-6-3-2-4-5-6;1-6-4-2-3-5-6;3*1-3-2-4-6-5-3;12*1-2/h3*2-5H,1H3;4*2-4H,1H3;2*2-3H,1H3;3*2H,1H3,(H,4,5,6);12*1-2H3. The number of hydrogen-bond acceptors (Lipinski definition) is 21. The highest BCUT2D eigenvalue weighted by atomic mass is 15.4. The van der Waals surface area contributed by atoms with Crippen molar-refractivity contribution >= 4 is 0 Å². The van der Waals surface area contributed by atoms with Crippen LogP contribution < -0.4 is 0 Å². The van der Waals surface area contributed by atoms with Crippen LogP contribution in [0.5, 0.6) is 0 Å². The Morgan fingerprint density at radius 1 is 0.282 bits per heavy atom. The molecule has 0 unspecified atom stereocenters. The summed E-state index contributed by atoms with van der Waals surface area (Å²) < 4.78 is 1.64. The molecule has 0 radical (unpaired) electrons. The lowest BCUT2D eigenvalue weighted by Gasteiger charge is -1.82. The van der Waals surface area contributed by atoms with Crippen LogP contribution >= 0.6 is 0 Å². The second-order valence-electron chi connectivity index (χ2n) is 15.4. The van der Waals surface area contributed by atoms with Crippen molar-refractivity contribution in [1.82, 2.24) is 132 Å². The van der Waals surface area contributed by atoms with Gasteiger partial charge in [-0.3, -0.25) is 19.6 Å². The van der Waals surface area contributed by atoms with Gasteiger partial charge in [0.05, 0.1) is 66.2 Å². The molecule has 103 heavy (non-hydrogen) atoms. The Hall–Kier alpha value is -10.5. The van der Waals surface area contributed by atoms with Crippen LogP contribution in [0.1, 0.15) is 223 Å². The van der Waals surface area contributed by atoms with Gasteiger partial charge in [0.15, 0.2) is 0 Å². The number of pyridine rings is 3. The minimum absolute atomic E-state index is 0.822. The zero-order chi connectivity index (χ0) is 81.8. The van der Waals surface area contributed by atoms with Crippen LogP contribution in [-0.4, -0.2) is 132 Å². The first-order chi connectivity index (χ1) is 50.2. The first-order valence-electron chi connectivity index (χ1n) is 35.9. The predicted molar refractivity (Wildman–Crippen MR) is 436 cm³/mol. The summed E-state index contributed by atoms with van der Waals surface area (Å²) >= 11 is 0. The van der Waals surface area contributed by atoms with Crippen molar-refractivity contribution < 1.29 is 0 Å². The van der Waals surface area contributed by atoms with Gasteiger partial charge in [-0.2, -0.15) is 81.6 Å². The van der Waals surface area contributed by atoms with Crippen molar-refractivity contribution in [2.45, 2.75) is 235 Å². The summed E-state index contributed by atoms with van der Waals surface area (Å²) in [7, 11) is 3.60. The monoisotopic (exact) mass is 1430 g/mol. The van der Waals surface area contributed by atoms with Crippen molar-refractivity contribution in [3.63, 3.8) is 0 Å². The number of rotatable bonds is 0. The first kappa shape index (κ1) is 119. The third-order valence-electron chi connectivity index (χ3n) is 8.01. The number of nitrogens with one attached hydrogen (secondary N) is 3. The molecule has 0 aromatic carbocycles. The molecule has 0 spiro atoms. The summed E-state index contributed by atoms with van der Waals surface area (Å²) in [6, 6.07) is 23.1. The molecule has 3 N–H and O–H groups in total. The van der Waals surface area contributed by atoms with E-state index in [1.807, 2.05) is 315 Å². The van der Waals surface area contributed by atoms with Gasteiger partial charge in [-0.1, -0.05) is 184 Å². The fraction of sp³-hybridized carbons (Fsp3) is 0.468. The molecule has 12 heterocycles. The summed E-state index contributed by atoms with van der Waals surface area (Å²) in [5, 5.41) is 58.2. The maximum absolute atomic E-state index is 3.98. The van der Waals surface area contributed by atoms with Crippen LogP contribution in [0.3, 0.4) is 0 Å². The Morgan fingerprint density at radius 2 is 0.709 bits per heavy atom. The Morgan fingerprint density at radius 3 is 0.874 bits per heavy atom. The molecule has 580 valence electrons. The molecule has 0 aliphatic heterocycles. The topological polar surface area (TPSA) is 328 Å². The van der Waals surface area contributed by atoms with E-state index >= 15 is 0 Å². The molecular formula is C77H142N26. The minimum atomic E-state index is 0.822. The number of aromatic amines is 3. The van der Waals surface area contributed by atoms with Gasteiger partial charge in [0.1, 0.15) is 12.2 Å². The molecule has 0 fully saturated rings.